The Kier molecular flexibility index (Phi) is 5.41. The summed E-state index contributed by atoms with van der Waals surface area (Å²) in [4.78, 5) is 29.3. The molecule has 3 heterocycles. The molecule has 2 saturated heterocycles. The first-order chi connectivity index (χ1) is 13.2. The van der Waals surface area contributed by atoms with E-state index in [0.717, 1.165) is 45.4 Å². The second-order valence-electron chi connectivity index (χ2n) is 8.53. The van der Waals surface area contributed by atoms with Gasteiger partial charge in [0.15, 0.2) is 0 Å². The van der Waals surface area contributed by atoms with Crippen molar-refractivity contribution in [2.75, 3.05) is 26.2 Å². The highest BCUT2D eigenvalue weighted by Gasteiger charge is 2.47. The standard InChI is InChI=1S/C19H30N6O2/c26-17(23-10-4-5-11-23)7-6-16-12-24(14-19(16)8-2-1-3-9-19)18(27)13-25-15-20-21-22-25/h15-16H,1-14H2. The van der Waals surface area contributed by atoms with Crippen molar-refractivity contribution in [3.05, 3.63) is 6.33 Å². The van der Waals surface area contributed by atoms with Crippen LogP contribution in [-0.2, 0) is 16.1 Å². The molecule has 1 aliphatic carbocycles. The van der Waals surface area contributed by atoms with Gasteiger partial charge in [-0.15, -0.1) is 5.10 Å². The van der Waals surface area contributed by atoms with Crippen molar-refractivity contribution in [2.24, 2.45) is 11.3 Å². The third kappa shape index (κ3) is 3.99. The Labute approximate surface area is 160 Å². The van der Waals surface area contributed by atoms with Gasteiger partial charge < -0.3 is 9.80 Å². The van der Waals surface area contributed by atoms with Crippen LogP contribution in [0.3, 0.4) is 0 Å². The van der Waals surface area contributed by atoms with Gasteiger partial charge in [0.05, 0.1) is 0 Å². The molecule has 8 nitrogen and oxygen atoms in total. The van der Waals surface area contributed by atoms with Crippen LogP contribution in [0.5, 0.6) is 0 Å². The van der Waals surface area contributed by atoms with E-state index in [1.54, 1.807) is 0 Å². The van der Waals surface area contributed by atoms with Crippen LogP contribution in [-0.4, -0.2) is 68.0 Å². The summed E-state index contributed by atoms with van der Waals surface area (Å²) >= 11 is 0. The molecule has 2 amide bonds. The molecule has 0 aromatic carbocycles. The number of aromatic nitrogens is 4. The molecular formula is C19H30N6O2. The molecular weight excluding hydrogens is 344 g/mol. The molecule has 2 aliphatic heterocycles. The first kappa shape index (κ1) is 18.4. The smallest absolute Gasteiger partial charge is 0.244 e. The van der Waals surface area contributed by atoms with Gasteiger partial charge in [0.1, 0.15) is 12.9 Å². The molecule has 0 radical (unpaired) electrons. The number of carbonyl (C=O) groups excluding carboxylic acids is 2. The maximum absolute atomic E-state index is 12.8. The number of hydrogen-bond donors (Lipinski definition) is 0. The number of rotatable bonds is 5. The monoisotopic (exact) mass is 374 g/mol. The normalized spacial score (nSPS) is 24.7. The quantitative estimate of drug-likeness (QED) is 0.779. The van der Waals surface area contributed by atoms with Gasteiger partial charge in [0.2, 0.25) is 11.8 Å². The third-order valence-electron chi connectivity index (χ3n) is 6.87. The highest BCUT2D eigenvalue weighted by atomic mass is 16.2. The van der Waals surface area contributed by atoms with E-state index in [4.69, 9.17) is 0 Å². The summed E-state index contributed by atoms with van der Waals surface area (Å²) in [5.41, 5.74) is 0.208. The number of likely N-dealkylation sites (tertiary alicyclic amines) is 2. The zero-order chi connectivity index (χ0) is 18.7. The predicted octanol–water partition coefficient (Wildman–Crippen LogP) is 1.48. The largest absolute Gasteiger partial charge is 0.343 e. The van der Waals surface area contributed by atoms with Crippen LogP contribution in [0, 0.1) is 11.3 Å². The van der Waals surface area contributed by atoms with Crippen LogP contribution in [0.4, 0.5) is 0 Å². The number of hydrogen-bond acceptors (Lipinski definition) is 5. The summed E-state index contributed by atoms with van der Waals surface area (Å²) in [6, 6.07) is 0. The topological polar surface area (TPSA) is 84.2 Å². The molecule has 8 heteroatoms. The van der Waals surface area contributed by atoms with Crippen molar-refractivity contribution in [3.8, 4) is 0 Å². The first-order valence-corrected chi connectivity index (χ1v) is 10.4. The summed E-state index contributed by atoms with van der Waals surface area (Å²) in [7, 11) is 0. The zero-order valence-corrected chi connectivity index (χ0v) is 16.1. The van der Waals surface area contributed by atoms with Gasteiger partial charge in [0, 0.05) is 32.6 Å². The fourth-order valence-corrected chi connectivity index (χ4v) is 5.36. The van der Waals surface area contributed by atoms with E-state index < -0.39 is 0 Å². The van der Waals surface area contributed by atoms with Crippen LogP contribution >= 0.6 is 0 Å². The van der Waals surface area contributed by atoms with Crippen LogP contribution < -0.4 is 0 Å². The van der Waals surface area contributed by atoms with Crippen LogP contribution in [0.25, 0.3) is 0 Å². The molecule has 3 aliphatic rings. The molecule has 0 N–H and O–H groups in total. The van der Waals surface area contributed by atoms with Gasteiger partial charge in [-0.2, -0.15) is 0 Å². The van der Waals surface area contributed by atoms with Crippen LogP contribution in [0.1, 0.15) is 57.8 Å². The van der Waals surface area contributed by atoms with Crippen molar-refractivity contribution < 1.29 is 9.59 Å². The lowest BCUT2D eigenvalue weighted by Gasteiger charge is -2.38. The van der Waals surface area contributed by atoms with Crippen molar-refractivity contribution >= 4 is 11.8 Å². The SMILES string of the molecule is O=C(CCC1CN(C(=O)Cn2cnnn2)CC12CCCCC2)N1CCCC1. The minimum Gasteiger partial charge on any atom is -0.343 e. The number of nitrogens with zero attached hydrogens (tertiary/aromatic N) is 6. The highest BCUT2D eigenvalue weighted by molar-refractivity contribution is 5.77. The van der Waals surface area contributed by atoms with Crippen molar-refractivity contribution in [1.29, 1.82) is 0 Å². The average molecular weight is 374 g/mol. The Morgan fingerprint density at radius 1 is 1.00 bits per heavy atom. The fraction of sp³-hybridized carbons (Fsp3) is 0.842. The van der Waals surface area contributed by atoms with E-state index in [0.29, 0.717) is 18.2 Å². The molecule has 148 valence electrons. The molecule has 1 atom stereocenters. The first-order valence-electron chi connectivity index (χ1n) is 10.4. The maximum Gasteiger partial charge on any atom is 0.244 e. The average Bonchev–Trinajstić information content (AvgIpc) is 3.42. The molecule has 27 heavy (non-hydrogen) atoms. The Morgan fingerprint density at radius 3 is 2.48 bits per heavy atom. The molecule has 1 aromatic rings. The molecule has 1 spiro atoms. The van der Waals surface area contributed by atoms with Crippen LogP contribution in [0.2, 0.25) is 0 Å². The van der Waals surface area contributed by atoms with Gasteiger partial charge >= 0.3 is 0 Å². The molecule has 3 fully saturated rings. The van der Waals surface area contributed by atoms with Gasteiger partial charge in [-0.25, -0.2) is 4.68 Å². The van der Waals surface area contributed by atoms with E-state index in [1.807, 2.05) is 9.80 Å². The molecule has 4 rings (SSSR count). The van der Waals surface area contributed by atoms with Gasteiger partial charge in [-0.3, -0.25) is 9.59 Å². The summed E-state index contributed by atoms with van der Waals surface area (Å²) in [5, 5.41) is 11.0. The molecule has 0 bridgehead atoms. The lowest BCUT2D eigenvalue weighted by molar-refractivity contribution is -0.131. The van der Waals surface area contributed by atoms with Crippen molar-refractivity contribution in [2.45, 2.75) is 64.3 Å². The summed E-state index contributed by atoms with van der Waals surface area (Å²) in [6.45, 7) is 3.64. The predicted molar refractivity (Wildman–Crippen MR) is 98.5 cm³/mol. The fourth-order valence-electron chi connectivity index (χ4n) is 5.36. The van der Waals surface area contributed by atoms with E-state index in [9.17, 15) is 9.59 Å². The van der Waals surface area contributed by atoms with Crippen molar-refractivity contribution in [3.63, 3.8) is 0 Å². The Morgan fingerprint density at radius 2 is 1.78 bits per heavy atom. The Hall–Kier alpha value is -1.99. The summed E-state index contributed by atoms with van der Waals surface area (Å²) < 4.78 is 1.49. The van der Waals surface area contributed by atoms with E-state index in [2.05, 4.69) is 15.5 Å². The molecule has 1 unspecified atom stereocenters. The van der Waals surface area contributed by atoms with Gasteiger partial charge in [0.25, 0.3) is 0 Å². The Bertz CT molecular complexity index is 649. The second kappa shape index (κ2) is 7.94. The van der Waals surface area contributed by atoms with Crippen molar-refractivity contribution in [1.82, 2.24) is 30.0 Å². The van der Waals surface area contributed by atoms with E-state index in [-0.39, 0.29) is 17.9 Å². The second-order valence-corrected chi connectivity index (χ2v) is 8.53. The zero-order valence-electron chi connectivity index (χ0n) is 16.1. The van der Waals surface area contributed by atoms with E-state index >= 15 is 0 Å². The van der Waals surface area contributed by atoms with Gasteiger partial charge in [-0.1, -0.05) is 19.3 Å². The van der Waals surface area contributed by atoms with Crippen LogP contribution in [0.15, 0.2) is 6.33 Å². The number of tetrazole rings is 1. The number of amides is 2. The van der Waals surface area contributed by atoms with Gasteiger partial charge in [-0.05, 0) is 53.9 Å². The summed E-state index contributed by atoms with van der Waals surface area (Å²) in [6.07, 6.45) is 11.4. The minimum absolute atomic E-state index is 0.0839. The molecule has 1 aromatic heterocycles. The lowest BCUT2D eigenvalue weighted by atomic mass is 9.66. The highest BCUT2D eigenvalue weighted by Crippen LogP contribution is 2.49. The number of carbonyl (C=O) groups is 2. The maximum atomic E-state index is 12.8. The minimum atomic E-state index is 0.0839. The third-order valence-corrected chi connectivity index (χ3v) is 6.87. The Balaban J connectivity index is 1.40. The summed E-state index contributed by atoms with van der Waals surface area (Å²) in [5.74, 6) is 0.819. The van der Waals surface area contributed by atoms with E-state index in [1.165, 1.54) is 43.1 Å². The molecule has 1 saturated carbocycles. The lowest BCUT2D eigenvalue weighted by Crippen LogP contribution is -2.36.